The van der Waals surface area contributed by atoms with E-state index in [4.69, 9.17) is 15.5 Å². The fourth-order valence-corrected chi connectivity index (χ4v) is 4.70. The largest absolute Gasteiger partial charge is 0.482 e. The third-order valence-corrected chi connectivity index (χ3v) is 6.58. The molecule has 0 amide bonds. The van der Waals surface area contributed by atoms with Crippen LogP contribution >= 0.6 is 0 Å². The van der Waals surface area contributed by atoms with E-state index < -0.39 is 6.10 Å². The minimum atomic E-state index is -0.421. The zero-order valence-electron chi connectivity index (χ0n) is 18.5. The van der Waals surface area contributed by atoms with E-state index in [9.17, 15) is 9.65 Å². The number of nitrogens with two attached hydrogens (primary N) is 1. The van der Waals surface area contributed by atoms with E-state index in [0.717, 1.165) is 46.6 Å². The van der Waals surface area contributed by atoms with Crippen LogP contribution in [-0.4, -0.2) is 29.3 Å². The standard InChI is InChI=1S/C25H26FN5O/c1-13(2)20-6-15(10-27)24-16-7-23(25(28)29-11-16)32-14(3)19-8-17(26)4-5-22(19)31-12-18(31)9-21(24)30-20/h4-5,7-8,11,13-14,18,20H,6,9,12H2,1-3H3,(H2,28,29). The molecule has 164 valence electrons. The van der Waals surface area contributed by atoms with E-state index in [2.05, 4.69) is 29.8 Å². The van der Waals surface area contributed by atoms with Gasteiger partial charge in [-0.2, -0.15) is 5.26 Å². The van der Waals surface area contributed by atoms with Gasteiger partial charge in [-0.25, -0.2) is 9.37 Å². The SMILES string of the molecule is CC1Oc2cc(cnc2N)C2=C(C#N)CC(C(C)C)N=C2CC2CN2c2ccc(F)cc21. The Hall–Kier alpha value is -3.40. The number of nitrogen functional groups attached to an aromatic ring is 1. The molecule has 5 rings (SSSR count). The number of aromatic nitrogens is 1. The molecule has 32 heavy (non-hydrogen) atoms. The molecule has 2 N–H and O–H groups in total. The first-order valence-electron chi connectivity index (χ1n) is 11.0. The number of hydrogen-bond acceptors (Lipinski definition) is 6. The van der Waals surface area contributed by atoms with Crippen molar-refractivity contribution in [3.8, 4) is 11.8 Å². The molecule has 0 saturated carbocycles. The number of benzene rings is 1. The molecule has 1 aromatic heterocycles. The highest BCUT2D eigenvalue weighted by Crippen LogP contribution is 2.42. The number of dihydropyridines is 1. The smallest absolute Gasteiger partial charge is 0.166 e. The zero-order chi connectivity index (χ0) is 22.6. The second-order valence-electron chi connectivity index (χ2n) is 9.14. The summed E-state index contributed by atoms with van der Waals surface area (Å²) in [5, 5.41) is 9.99. The van der Waals surface area contributed by atoms with Gasteiger partial charge in [0.25, 0.3) is 0 Å². The van der Waals surface area contributed by atoms with Crippen LogP contribution in [0.5, 0.6) is 5.75 Å². The van der Waals surface area contributed by atoms with E-state index in [1.54, 1.807) is 6.20 Å². The van der Waals surface area contributed by atoms with Gasteiger partial charge in [0.1, 0.15) is 11.9 Å². The number of fused-ring (bicyclic) bond motifs is 7. The Balaban J connectivity index is 1.69. The number of anilines is 2. The summed E-state index contributed by atoms with van der Waals surface area (Å²) in [7, 11) is 0. The maximum Gasteiger partial charge on any atom is 0.166 e. The van der Waals surface area contributed by atoms with Gasteiger partial charge in [-0.15, -0.1) is 0 Å². The number of rotatable bonds is 1. The van der Waals surface area contributed by atoms with Crippen molar-refractivity contribution in [1.82, 2.24) is 4.98 Å². The van der Waals surface area contributed by atoms with Crippen molar-refractivity contribution in [3.05, 3.63) is 53.0 Å². The van der Waals surface area contributed by atoms with Gasteiger partial charge in [0.2, 0.25) is 0 Å². The highest BCUT2D eigenvalue weighted by molar-refractivity contribution is 6.26. The predicted molar refractivity (Wildman–Crippen MR) is 123 cm³/mol. The van der Waals surface area contributed by atoms with Crippen molar-refractivity contribution in [1.29, 1.82) is 5.26 Å². The molecule has 1 saturated heterocycles. The topological polar surface area (TPSA) is 87.3 Å². The average Bonchev–Trinajstić information content (AvgIpc) is 3.52. The van der Waals surface area contributed by atoms with Gasteiger partial charge in [-0.3, -0.25) is 4.99 Å². The van der Waals surface area contributed by atoms with Crippen molar-refractivity contribution >= 4 is 22.8 Å². The van der Waals surface area contributed by atoms with E-state index in [-0.39, 0.29) is 23.7 Å². The first-order chi connectivity index (χ1) is 15.4. The monoisotopic (exact) mass is 431 g/mol. The molecule has 0 spiro atoms. The van der Waals surface area contributed by atoms with E-state index in [0.29, 0.717) is 18.1 Å². The Morgan fingerprint density at radius 3 is 2.84 bits per heavy atom. The molecule has 0 radical (unpaired) electrons. The van der Waals surface area contributed by atoms with Crippen LogP contribution in [0.2, 0.25) is 0 Å². The summed E-state index contributed by atoms with van der Waals surface area (Å²) in [5.41, 5.74) is 11.1. The van der Waals surface area contributed by atoms with Crippen molar-refractivity contribution in [2.45, 2.75) is 51.8 Å². The molecule has 0 aliphatic carbocycles. The van der Waals surface area contributed by atoms with Crippen LogP contribution in [0.25, 0.3) is 5.57 Å². The van der Waals surface area contributed by atoms with Gasteiger partial charge in [-0.1, -0.05) is 13.8 Å². The summed E-state index contributed by atoms with van der Waals surface area (Å²) in [5.74, 6) is 0.707. The first kappa shape index (κ1) is 20.5. The van der Waals surface area contributed by atoms with Crippen LogP contribution in [0.3, 0.4) is 0 Å². The second-order valence-corrected chi connectivity index (χ2v) is 9.14. The molecule has 3 unspecified atom stereocenters. The van der Waals surface area contributed by atoms with E-state index in [1.807, 2.05) is 19.1 Å². The Kier molecular flexibility index (Phi) is 4.89. The molecule has 2 aromatic rings. The number of hydrogen-bond donors (Lipinski definition) is 1. The number of aliphatic imine (C=N–C) groups is 1. The highest BCUT2D eigenvalue weighted by Gasteiger charge is 2.40. The molecule has 4 heterocycles. The summed E-state index contributed by atoms with van der Waals surface area (Å²) < 4.78 is 20.3. The third-order valence-electron chi connectivity index (χ3n) is 6.58. The Labute approximate surface area is 187 Å². The lowest BCUT2D eigenvalue weighted by atomic mass is 9.85. The molecule has 6 nitrogen and oxygen atoms in total. The van der Waals surface area contributed by atoms with Gasteiger partial charge in [0.15, 0.2) is 11.6 Å². The van der Waals surface area contributed by atoms with Gasteiger partial charge >= 0.3 is 0 Å². The average molecular weight is 432 g/mol. The maximum atomic E-state index is 14.1. The van der Waals surface area contributed by atoms with Crippen molar-refractivity contribution in [3.63, 3.8) is 0 Å². The van der Waals surface area contributed by atoms with Crippen LogP contribution in [0, 0.1) is 23.1 Å². The minimum absolute atomic E-state index is 0.0716. The first-order valence-corrected chi connectivity index (χ1v) is 11.0. The number of allylic oxidation sites excluding steroid dienone is 1. The fourth-order valence-electron chi connectivity index (χ4n) is 4.70. The number of ether oxygens (including phenoxy) is 1. The molecular formula is C25H26FN5O. The lowest BCUT2D eigenvalue weighted by Crippen LogP contribution is -2.25. The van der Waals surface area contributed by atoms with Gasteiger partial charge < -0.3 is 15.4 Å². The van der Waals surface area contributed by atoms with Gasteiger partial charge in [0.05, 0.1) is 18.2 Å². The number of pyridine rings is 1. The van der Waals surface area contributed by atoms with Crippen molar-refractivity contribution in [2.24, 2.45) is 10.9 Å². The van der Waals surface area contributed by atoms with Gasteiger partial charge in [0, 0.05) is 59.3 Å². The van der Waals surface area contributed by atoms with Crippen LogP contribution in [-0.2, 0) is 0 Å². The Morgan fingerprint density at radius 1 is 1.28 bits per heavy atom. The third kappa shape index (κ3) is 3.50. The molecule has 3 aliphatic heterocycles. The maximum absolute atomic E-state index is 14.1. The lowest BCUT2D eigenvalue weighted by molar-refractivity contribution is 0.227. The van der Waals surface area contributed by atoms with Gasteiger partial charge in [-0.05, 0) is 37.1 Å². The summed E-state index contributed by atoms with van der Waals surface area (Å²) in [6.45, 7) is 7.01. The number of halogens is 1. The molecule has 2 bridgehead atoms. The molecule has 1 fully saturated rings. The summed E-state index contributed by atoms with van der Waals surface area (Å²) in [6.07, 6.45) is 2.60. The number of nitrogens with zero attached hydrogens (tertiary/aromatic N) is 4. The van der Waals surface area contributed by atoms with E-state index in [1.165, 1.54) is 12.1 Å². The lowest BCUT2D eigenvalue weighted by Gasteiger charge is -2.27. The van der Waals surface area contributed by atoms with E-state index >= 15 is 0 Å². The molecular weight excluding hydrogens is 405 g/mol. The quantitative estimate of drug-likeness (QED) is 0.663. The van der Waals surface area contributed by atoms with Crippen LogP contribution in [0.15, 0.2) is 41.0 Å². The van der Waals surface area contributed by atoms with Crippen LogP contribution < -0.4 is 15.4 Å². The van der Waals surface area contributed by atoms with Crippen molar-refractivity contribution < 1.29 is 9.13 Å². The fraction of sp³-hybridized carbons (Fsp3) is 0.400. The summed E-state index contributed by atoms with van der Waals surface area (Å²) in [4.78, 5) is 11.7. The Bertz CT molecular complexity index is 1200. The summed E-state index contributed by atoms with van der Waals surface area (Å²) in [6, 6.07) is 9.40. The highest BCUT2D eigenvalue weighted by atomic mass is 19.1. The molecule has 3 atom stereocenters. The normalized spacial score (nSPS) is 24.2. The van der Waals surface area contributed by atoms with Crippen LogP contribution in [0.1, 0.15) is 50.8 Å². The minimum Gasteiger partial charge on any atom is -0.482 e. The molecule has 3 aliphatic rings. The summed E-state index contributed by atoms with van der Waals surface area (Å²) >= 11 is 0. The zero-order valence-corrected chi connectivity index (χ0v) is 18.5. The predicted octanol–water partition coefficient (Wildman–Crippen LogP) is 4.68. The van der Waals surface area contributed by atoms with Crippen LogP contribution in [0.4, 0.5) is 15.9 Å². The molecule has 7 heteroatoms. The van der Waals surface area contributed by atoms with Crippen molar-refractivity contribution in [2.75, 3.05) is 17.2 Å². The molecule has 1 aromatic carbocycles. The Morgan fingerprint density at radius 2 is 2.09 bits per heavy atom. The second kappa shape index (κ2) is 7.63. The number of nitriles is 1.